The molecule has 242 valence electrons. The number of phenols is 2. The third kappa shape index (κ3) is 8.16. The van der Waals surface area contributed by atoms with Crippen LogP contribution >= 0.6 is 0 Å². The summed E-state index contributed by atoms with van der Waals surface area (Å²) < 4.78 is 68.6. The Morgan fingerprint density at radius 1 is 0.500 bits per heavy atom. The molecule has 0 heterocycles. The van der Waals surface area contributed by atoms with Crippen molar-refractivity contribution in [2.24, 2.45) is 20.5 Å². The standard InChI is InChI=1S/C32H24N6O8S2.2Na/c33-25-11-5-19-13-23(47(41,42)43)15-27(39)29(19)31(25)37-35-21-7-1-17(2-8-21)18-3-9-22(10-4-18)36-38-32-26(34)12-6-20-14-24(48(44,45)46)16-28(40)30(20)32;;/h1-16,39-40H,33-34H2,(H,41,42,43)(H,44,45,46);;/q;2*+1/p-2. The van der Waals surface area contributed by atoms with Crippen LogP contribution in [0.2, 0.25) is 0 Å². The monoisotopic (exact) mass is 728 g/mol. The van der Waals surface area contributed by atoms with Crippen LogP contribution in [0.3, 0.4) is 0 Å². The summed E-state index contributed by atoms with van der Waals surface area (Å²) in [4.78, 5) is -1.17. The molecule has 0 amide bonds. The Morgan fingerprint density at radius 2 is 0.840 bits per heavy atom. The Hall–Kier alpha value is -3.94. The molecule has 0 radical (unpaired) electrons. The van der Waals surface area contributed by atoms with E-state index in [9.17, 15) is 36.2 Å². The van der Waals surface area contributed by atoms with Gasteiger partial charge in [0.15, 0.2) is 0 Å². The molecule has 0 aliphatic rings. The molecule has 6 aromatic carbocycles. The quantitative estimate of drug-likeness (QED) is 0.0781. The Kier molecular flexibility index (Phi) is 11.8. The third-order valence-corrected chi connectivity index (χ3v) is 8.95. The number of hydrogen-bond acceptors (Lipinski definition) is 14. The van der Waals surface area contributed by atoms with Gasteiger partial charge in [-0.15, -0.1) is 10.2 Å². The molecule has 0 atom stereocenters. The summed E-state index contributed by atoms with van der Waals surface area (Å²) >= 11 is 0. The first-order valence-electron chi connectivity index (χ1n) is 13.8. The van der Waals surface area contributed by atoms with Crippen LogP contribution in [0.4, 0.5) is 34.1 Å². The van der Waals surface area contributed by atoms with E-state index in [4.69, 9.17) is 11.5 Å². The number of azo groups is 2. The van der Waals surface area contributed by atoms with Crippen molar-refractivity contribution in [3.8, 4) is 22.6 Å². The van der Waals surface area contributed by atoms with Crippen LogP contribution in [0, 0.1) is 0 Å². The largest absolute Gasteiger partial charge is 1.00 e. The molecule has 14 nitrogen and oxygen atoms in total. The van der Waals surface area contributed by atoms with Crippen molar-refractivity contribution in [2.45, 2.75) is 9.79 Å². The SMILES string of the molecule is Nc1ccc2cc(S(=O)(=O)[O-])cc(O)c2c1N=Nc1ccc(-c2ccc(N=Nc3c(N)ccc4cc(S(=O)(=O)[O-])cc(O)c34)cc2)cc1.[Na+].[Na+]. The molecule has 0 aliphatic heterocycles. The van der Waals surface area contributed by atoms with E-state index in [0.29, 0.717) is 11.4 Å². The van der Waals surface area contributed by atoms with Gasteiger partial charge in [0, 0.05) is 0 Å². The molecule has 0 saturated carbocycles. The number of benzene rings is 6. The second-order valence-electron chi connectivity index (χ2n) is 10.5. The number of anilines is 2. The molecule has 6 aromatic rings. The molecule has 50 heavy (non-hydrogen) atoms. The van der Waals surface area contributed by atoms with Crippen molar-refractivity contribution < 1.29 is 95.3 Å². The van der Waals surface area contributed by atoms with Crippen molar-refractivity contribution >= 4 is 75.9 Å². The maximum absolute atomic E-state index is 11.4. The fourth-order valence-electron chi connectivity index (χ4n) is 4.99. The zero-order chi connectivity index (χ0) is 34.4. The van der Waals surface area contributed by atoms with E-state index < -0.39 is 41.5 Å². The maximum atomic E-state index is 11.4. The fourth-order valence-corrected chi connectivity index (χ4v) is 6.04. The molecular formula is C32H22N6Na2O8S2. The van der Waals surface area contributed by atoms with Crippen molar-refractivity contribution in [2.75, 3.05) is 11.5 Å². The van der Waals surface area contributed by atoms with Gasteiger partial charge in [-0.3, -0.25) is 0 Å². The van der Waals surface area contributed by atoms with Crippen LogP contribution in [0.15, 0.2) is 127 Å². The van der Waals surface area contributed by atoms with E-state index in [2.05, 4.69) is 20.5 Å². The van der Waals surface area contributed by atoms with Gasteiger partial charge in [-0.05, 0) is 82.6 Å². The molecule has 0 unspecified atom stereocenters. The second-order valence-corrected chi connectivity index (χ2v) is 13.2. The van der Waals surface area contributed by atoms with Gasteiger partial charge in [0.2, 0.25) is 0 Å². The van der Waals surface area contributed by atoms with E-state index in [0.717, 1.165) is 35.4 Å². The zero-order valence-corrected chi connectivity index (χ0v) is 32.0. The maximum Gasteiger partial charge on any atom is 1.00 e. The molecule has 0 spiro atoms. The first kappa shape index (κ1) is 38.9. The Bertz CT molecular complexity index is 2370. The minimum absolute atomic E-state index is 0. The number of nitrogen functional groups attached to an aromatic ring is 2. The Labute approximate surface area is 329 Å². The molecule has 0 aliphatic carbocycles. The summed E-state index contributed by atoms with van der Waals surface area (Å²) in [6, 6.07) is 23.8. The van der Waals surface area contributed by atoms with Gasteiger partial charge >= 0.3 is 59.1 Å². The van der Waals surface area contributed by atoms with Gasteiger partial charge in [-0.1, -0.05) is 36.4 Å². The Morgan fingerprint density at radius 3 is 1.16 bits per heavy atom. The smallest absolute Gasteiger partial charge is 0.744 e. The molecule has 0 saturated heterocycles. The second kappa shape index (κ2) is 15.1. The normalized spacial score (nSPS) is 12.0. The number of rotatable bonds is 7. The van der Waals surface area contributed by atoms with Crippen molar-refractivity contribution in [1.82, 2.24) is 0 Å². The van der Waals surface area contributed by atoms with Gasteiger partial charge < -0.3 is 30.8 Å². The number of phenolic OH excluding ortho intramolecular Hbond substituents is 2. The minimum atomic E-state index is -4.80. The third-order valence-electron chi connectivity index (χ3n) is 7.32. The van der Waals surface area contributed by atoms with Crippen molar-refractivity contribution in [3.63, 3.8) is 0 Å². The molecule has 18 heteroatoms. The summed E-state index contributed by atoms with van der Waals surface area (Å²) in [5.74, 6) is -0.959. The minimum Gasteiger partial charge on any atom is -0.744 e. The van der Waals surface area contributed by atoms with E-state index in [1.165, 1.54) is 24.3 Å². The van der Waals surface area contributed by atoms with Crippen LogP contribution in [0.25, 0.3) is 32.7 Å². The summed E-state index contributed by atoms with van der Waals surface area (Å²) in [6.45, 7) is 0. The van der Waals surface area contributed by atoms with Gasteiger partial charge in [0.25, 0.3) is 0 Å². The van der Waals surface area contributed by atoms with Gasteiger partial charge in [0.05, 0.1) is 43.3 Å². The van der Waals surface area contributed by atoms with Crippen LogP contribution in [-0.4, -0.2) is 36.2 Å². The number of nitrogens with two attached hydrogens (primary N) is 2. The summed E-state index contributed by atoms with van der Waals surface area (Å²) in [6.07, 6.45) is 0. The summed E-state index contributed by atoms with van der Waals surface area (Å²) in [5, 5.41) is 38.5. The predicted molar refractivity (Wildman–Crippen MR) is 176 cm³/mol. The van der Waals surface area contributed by atoms with Gasteiger partial charge in [-0.25, -0.2) is 16.8 Å². The number of nitrogens with zero attached hydrogens (tertiary/aromatic N) is 4. The molecule has 0 fully saturated rings. The number of aromatic hydroxyl groups is 2. The average Bonchev–Trinajstić information content (AvgIpc) is 3.03. The van der Waals surface area contributed by atoms with E-state index in [1.54, 1.807) is 48.5 Å². The average molecular weight is 729 g/mol. The van der Waals surface area contributed by atoms with E-state index >= 15 is 0 Å². The number of fused-ring (bicyclic) bond motifs is 2. The topological polar surface area (TPSA) is 256 Å². The molecule has 0 bridgehead atoms. The predicted octanol–water partition coefficient (Wildman–Crippen LogP) is 0.883. The van der Waals surface area contributed by atoms with Crippen LogP contribution in [0.5, 0.6) is 11.5 Å². The molecule has 6 N–H and O–H groups in total. The number of hydrogen-bond donors (Lipinski definition) is 4. The molecule has 6 rings (SSSR count). The van der Waals surface area contributed by atoms with Crippen molar-refractivity contribution in [3.05, 3.63) is 97.1 Å². The zero-order valence-electron chi connectivity index (χ0n) is 26.3. The fraction of sp³-hybridized carbons (Fsp3) is 0. The van der Waals surface area contributed by atoms with E-state index in [-0.39, 0.29) is 103 Å². The summed E-state index contributed by atoms with van der Waals surface area (Å²) in [7, 11) is -9.59. The Balaban J connectivity index is 0.00000281. The van der Waals surface area contributed by atoms with E-state index in [1.807, 2.05) is 0 Å². The van der Waals surface area contributed by atoms with Crippen molar-refractivity contribution in [1.29, 1.82) is 0 Å². The van der Waals surface area contributed by atoms with Crippen LogP contribution < -0.4 is 70.6 Å². The first-order valence-corrected chi connectivity index (χ1v) is 16.6. The summed E-state index contributed by atoms with van der Waals surface area (Å²) in [5.41, 5.74) is 15.3. The van der Waals surface area contributed by atoms with Gasteiger partial charge in [-0.2, -0.15) is 10.2 Å². The molecular weight excluding hydrogens is 707 g/mol. The first-order chi connectivity index (χ1) is 22.7. The van der Waals surface area contributed by atoms with Gasteiger partial charge in [0.1, 0.15) is 43.1 Å². The molecule has 0 aromatic heterocycles. The van der Waals surface area contributed by atoms with Crippen LogP contribution in [0.1, 0.15) is 0 Å². The van der Waals surface area contributed by atoms with Crippen LogP contribution in [-0.2, 0) is 20.2 Å².